The number of hydrogen-bond donors (Lipinski definition) is 1. The minimum Gasteiger partial charge on any atom is -0.305 e. The van der Waals surface area contributed by atoms with E-state index in [4.69, 9.17) is 23.2 Å². The van der Waals surface area contributed by atoms with Crippen LogP contribution >= 0.6 is 23.2 Å². The van der Waals surface area contributed by atoms with E-state index in [1.807, 2.05) is 6.07 Å². The molecule has 0 saturated carbocycles. The van der Waals surface area contributed by atoms with Crippen molar-refractivity contribution in [2.45, 2.75) is 0 Å². The molecule has 3 rings (SSSR count). The summed E-state index contributed by atoms with van der Waals surface area (Å²) in [6, 6.07) is 14.0. The Morgan fingerprint density at radius 3 is 2.70 bits per heavy atom. The Morgan fingerprint density at radius 1 is 1.17 bits per heavy atom. The van der Waals surface area contributed by atoms with Gasteiger partial charge in [-0.25, -0.2) is 4.98 Å². The molecule has 1 aromatic heterocycles. The number of allylic oxidation sites excluding steroid dienone is 1. The standard InChI is InChI=1S/C17H9Cl2N3O/c18-13-6-5-10(8-14(13)19)7-11(9-20)16-21-15-4-2-1-3-12(15)17(23)22-16/h1-8H,(H,21,22,23). The van der Waals surface area contributed by atoms with Gasteiger partial charge in [-0.3, -0.25) is 4.79 Å². The molecule has 0 spiro atoms. The van der Waals surface area contributed by atoms with E-state index in [1.165, 1.54) is 0 Å². The Labute approximate surface area is 141 Å². The number of hydrogen-bond acceptors (Lipinski definition) is 3. The Morgan fingerprint density at radius 2 is 1.96 bits per heavy atom. The fourth-order valence-electron chi connectivity index (χ4n) is 2.14. The molecule has 0 radical (unpaired) electrons. The topological polar surface area (TPSA) is 69.5 Å². The maximum absolute atomic E-state index is 12.1. The lowest BCUT2D eigenvalue weighted by molar-refractivity contribution is 1.13. The van der Waals surface area contributed by atoms with E-state index in [9.17, 15) is 10.1 Å². The SMILES string of the molecule is N#CC(=Cc1ccc(Cl)c(Cl)c1)c1nc2ccccc2c(=O)[nH]1. The van der Waals surface area contributed by atoms with Gasteiger partial charge < -0.3 is 4.98 Å². The summed E-state index contributed by atoms with van der Waals surface area (Å²) in [7, 11) is 0. The minimum atomic E-state index is -0.291. The van der Waals surface area contributed by atoms with Crippen molar-refractivity contribution in [3.63, 3.8) is 0 Å². The fourth-order valence-corrected chi connectivity index (χ4v) is 2.44. The van der Waals surface area contributed by atoms with Crippen molar-refractivity contribution in [3.8, 4) is 6.07 Å². The minimum absolute atomic E-state index is 0.210. The molecule has 0 aliphatic rings. The van der Waals surface area contributed by atoms with Crippen LogP contribution in [0.15, 0.2) is 47.3 Å². The average molecular weight is 342 g/mol. The average Bonchev–Trinajstić information content (AvgIpc) is 2.56. The number of fused-ring (bicyclic) bond motifs is 1. The van der Waals surface area contributed by atoms with Gasteiger partial charge in [-0.2, -0.15) is 5.26 Å². The van der Waals surface area contributed by atoms with E-state index in [-0.39, 0.29) is 17.0 Å². The van der Waals surface area contributed by atoms with E-state index in [1.54, 1.807) is 48.5 Å². The van der Waals surface area contributed by atoms with Gasteiger partial charge in [0, 0.05) is 0 Å². The van der Waals surface area contributed by atoms with Crippen molar-refractivity contribution in [2.24, 2.45) is 0 Å². The highest BCUT2D eigenvalue weighted by Crippen LogP contribution is 2.24. The lowest BCUT2D eigenvalue weighted by Gasteiger charge is -2.03. The molecule has 0 unspecified atom stereocenters. The predicted molar refractivity (Wildman–Crippen MR) is 92.3 cm³/mol. The number of benzene rings is 2. The first-order valence-electron chi connectivity index (χ1n) is 6.65. The van der Waals surface area contributed by atoms with Gasteiger partial charge in [0.1, 0.15) is 6.07 Å². The number of aromatic amines is 1. The molecule has 112 valence electrons. The van der Waals surface area contributed by atoms with Gasteiger partial charge in [-0.1, -0.05) is 41.4 Å². The van der Waals surface area contributed by atoms with E-state index < -0.39 is 0 Å². The molecule has 2 aromatic carbocycles. The lowest BCUT2D eigenvalue weighted by Crippen LogP contribution is -2.11. The molecule has 3 aromatic rings. The van der Waals surface area contributed by atoms with Crippen LogP contribution in [0.1, 0.15) is 11.4 Å². The number of nitrogens with one attached hydrogen (secondary N) is 1. The van der Waals surface area contributed by atoms with E-state index in [0.717, 1.165) is 0 Å². The number of H-pyrrole nitrogens is 1. The fraction of sp³-hybridized carbons (Fsp3) is 0. The van der Waals surface area contributed by atoms with Gasteiger partial charge >= 0.3 is 0 Å². The van der Waals surface area contributed by atoms with E-state index in [2.05, 4.69) is 9.97 Å². The van der Waals surface area contributed by atoms with Crippen molar-refractivity contribution in [3.05, 3.63) is 74.3 Å². The van der Waals surface area contributed by atoms with Crippen molar-refractivity contribution in [1.29, 1.82) is 5.26 Å². The van der Waals surface area contributed by atoms with Gasteiger partial charge in [0.05, 0.1) is 26.5 Å². The Kier molecular flexibility index (Phi) is 4.16. The molecule has 0 bridgehead atoms. The van der Waals surface area contributed by atoms with Crippen LogP contribution in [0, 0.1) is 11.3 Å². The molecular weight excluding hydrogens is 333 g/mol. The summed E-state index contributed by atoms with van der Waals surface area (Å²) in [6.45, 7) is 0. The molecule has 4 nitrogen and oxygen atoms in total. The highest BCUT2D eigenvalue weighted by molar-refractivity contribution is 6.42. The van der Waals surface area contributed by atoms with Crippen LogP contribution < -0.4 is 5.56 Å². The van der Waals surface area contributed by atoms with Gasteiger partial charge in [0.25, 0.3) is 5.56 Å². The number of para-hydroxylation sites is 1. The van der Waals surface area contributed by atoms with E-state index in [0.29, 0.717) is 26.5 Å². The smallest absolute Gasteiger partial charge is 0.259 e. The number of rotatable bonds is 2. The van der Waals surface area contributed by atoms with Crippen molar-refractivity contribution in [2.75, 3.05) is 0 Å². The zero-order valence-corrected chi connectivity index (χ0v) is 13.2. The summed E-state index contributed by atoms with van der Waals surface area (Å²) in [5.41, 5.74) is 1.15. The summed E-state index contributed by atoms with van der Waals surface area (Å²) < 4.78 is 0. The highest BCUT2D eigenvalue weighted by Gasteiger charge is 2.08. The summed E-state index contributed by atoms with van der Waals surface area (Å²) >= 11 is 11.8. The normalized spacial score (nSPS) is 11.4. The Hall–Kier alpha value is -2.61. The van der Waals surface area contributed by atoms with E-state index >= 15 is 0 Å². The molecule has 0 saturated heterocycles. The second kappa shape index (κ2) is 6.25. The van der Waals surface area contributed by atoms with Crippen LogP contribution in [0.4, 0.5) is 0 Å². The predicted octanol–water partition coefficient (Wildman–Crippen LogP) is 4.29. The Bertz CT molecular complexity index is 1030. The molecule has 6 heteroatoms. The zero-order chi connectivity index (χ0) is 16.4. The summed E-state index contributed by atoms with van der Waals surface area (Å²) in [5, 5.41) is 10.7. The van der Waals surface area contributed by atoms with Crippen LogP contribution in [-0.2, 0) is 0 Å². The first-order valence-corrected chi connectivity index (χ1v) is 7.40. The first kappa shape index (κ1) is 15.3. The molecule has 1 heterocycles. The molecule has 0 aliphatic heterocycles. The number of halogens is 2. The van der Waals surface area contributed by atoms with Crippen LogP contribution in [0.5, 0.6) is 0 Å². The zero-order valence-electron chi connectivity index (χ0n) is 11.7. The second-order valence-corrected chi connectivity index (χ2v) is 5.59. The third-order valence-corrected chi connectivity index (χ3v) is 3.98. The maximum atomic E-state index is 12.1. The van der Waals surface area contributed by atoms with Crippen LogP contribution in [0.2, 0.25) is 10.0 Å². The summed E-state index contributed by atoms with van der Waals surface area (Å²) in [4.78, 5) is 19.1. The Balaban J connectivity index is 2.14. The monoisotopic (exact) mass is 341 g/mol. The molecular formula is C17H9Cl2N3O. The van der Waals surface area contributed by atoms with Crippen molar-refractivity contribution in [1.82, 2.24) is 9.97 Å². The van der Waals surface area contributed by atoms with Gasteiger partial charge in [0.2, 0.25) is 0 Å². The first-order chi connectivity index (χ1) is 11.1. The van der Waals surface area contributed by atoms with Crippen molar-refractivity contribution < 1.29 is 0 Å². The van der Waals surface area contributed by atoms with Gasteiger partial charge in [0.15, 0.2) is 5.82 Å². The third-order valence-electron chi connectivity index (χ3n) is 3.24. The number of nitriles is 1. The molecule has 0 fully saturated rings. The molecule has 0 atom stereocenters. The van der Waals surface area contributed by atoms with Crippen LogP contribution in [-0.4, -0.2) is 9.97 Å². The number of nitrogens with zero attached hydrogens (tertiary/aromatic N) is 2. The molecule has 0 amide bonds. The van der Waals surface area contributed by atoms with Gasteiger partial charge in [-0.05, 0) is 35.9 Å². The van der Waals surface area contributed by atoms with Crippen LogP contribution in [0.25, 0.3) is 22.6 Å². The molecule has 23 heavy (non-hydrogen) atoms. The third kappa shape index (κ3) is 3.11. The maximum Gasteiger partial charge on any atom is 0.259 e. The van der Waals surface area contributed by atoms with Gasteiger partial charge in [-0.15, -0.1) is 0 Å². The number of aromatic nitrogens is 2. The molecule has 1 N–H and O–H groups in total. The lowest BCUT2D eigenvalue weighted by atomic mass is 10.1. The largest absolute Gasteiger partial charge is 0.305 e. The second-order valence-electron chi connectivity index (χ2n) is 4.78. The molecule has 0 aliphatic carbocycles. The van der Waals surface area contributed by atoms with Crippen molar-refractivity contribution >= 4 is 45.8 Å². The van der Waals surface area contributed by atoms with Crippen LogP contribution in [0.3, 0.4) is 0 Å². The summed E-state index contributed by atoms with van der Waals surface area (Å²) in [5.74, 6) is 0.210. The summed E-state index contributed by atoms with van der Waals surface area (Å²) in [6.07, 6.45) is 1.59. The highest BCUT2D eigenvalue weighted by atomic mass is 35.5. The quantitative estimate of drug-likeness (QED) is 0.706.